The van der Waals surface area contributed by atoms with Crippen LogP contribution in [0.3, 0.4) is 0 Å². The number of unbranched alkanes of at least 4 members (excludes halogenated alkanes) is 1. The Bertz CT molecular complexity index is 322. The van der Waals surface area contributed by atoms with Gasteiger partial charge in [0.25, 0.3) is 5.56 Å². The van der Waals surface area contributed by atoms with Gasteiger partial charge >= 0.3 is 0 Å². The Labute approximate surface area is 85.9 Å². The molecule has 0 aromatic carbocycles. The van der Waals surface area contributed by atoms with Crippen molar-refractivity contribution < 1.29 is 0 Å². The molecule has 0 saturated heterocycles. The molecule has 0 bridgehead atoms. The molecule has 0 fully saturated rings. The summed E-state index contributed by atoms with van der Waals surface area (Å²) in [6, 6.07) is 1.61. The Morgan fingerprint density at radius 1 is 1.54 bits per heavy atom. The van der Waals surface area contributed by atoms with Crippen LogP contribution in [-0.4, -0.2) is 15.1 Å². The van der Waals surface area contributed by atoms with Crippen molar-refractivity contribution in [1.82, 2.24) is 9.78 Å². The predicted octanol–water partition coefficient (Wildman–Crippen LogP) is 1.73. The van der Waals surface area contributed by atoms with E-state index in [1.807, 2.05) is 6.92 Å². The number of rotatable bonds is 4. The van der Waals surface area contributed by atoms with E-state index in [0.29, 0.717) is 6.54 Å². The monoisotopic (exact) mass is 244 g/mol. The highest BCUT2D eigenvalue weighted by atomic mass is 79.9. The van der Waals surface area contributed by atoms with E-state index in [9.17, 15) is 4.79 Å². The van der Waals surface area contributed by atoms with Crippen molar-refractivity contribution in [3.05, 3.63) is 28.2 Å². The molecule has 1 heterocycles. The zero-order chi connectivity index (χ0) is 9.68. The first kappa shape index (κ1) is 10.4. The maximum absolute atomic E-state index is 11.3. The van der Waals surface area contributed by atoms with Gasteiger partial charge in [0.15, 0.2) is 0 Å². The van der Waals surface area contributed by atoms with Crippen LogP contribution in [0.4, 0.5) is 0 Å². The predicted molar refractivity (Wildman–Crippen MR) is 56.3 cm³/mol. The number of nitrogens with zero attached hydrogens (tertiary/aromatic N) is 2. The lowest BCUT2D eigenvalue weighted by Gasteiger charge is -2.02. The summed E-state index contributed by atoms with van der Waals surface area (Å²) in [5.41, 5.74) is 0.913. The van der Waals surface area contributed by atoms with E-state index in [0.717, 1.165) is 23.7 Å². The third-order valence-corrected chi connectivity index (χ3v) is 2.32. The minimum atomic E-state index is -0.00503. The molecular formula is C9H13BrN2O. The second-order valence-corrected chi connectivity index (χ2v) is 3.78. The number of halogens is 1. The van der Waals surface area contributed by atoms with Gasteiger partial charge in [0.05, 0.1) is 6.20 Å². The summed E-state index contributed by atoms with van der Waals surface area (Å²) in [5.74, 6) is 0. The van der Waals surface area contributed by atoms with E-state index in [2.05, 4.69) is 21.0 Å². The molecule has 0 atom stereocenters. The van der Waals surface area contributed by atoms with Gasteiger partial charge in [-0.3, -0.25) is 4.79 Å². The molecule has 1 aromatic rings. The van der Waals surface area contributed by atoms with Gasteiger partial charge < -0.3 is 0 Å². The number of alkyl halides is 1. The normalized spacial score (nSPS) is 10.3. The van der Waals surface area contributed by atoms with Gasteiger partial charge in [-0.1, -0.05) is 15.9 Å². The van der Waals surface area contributed by atoms with Crippen molar-refractivity contribution in [2.75, 3.05) is 5.33 Å². The van der Waals surface area contributed by atoms with Gasteiger partial charge in [0, 0.05) is 17.9 Å². The van der Waals surface area contributed by atoms with Gasteiger partial charge in [0.2, 0.25) is 0 Å². The van der Waals surface area contributed by atoms with Crippen molar-refractivity contribution in [2.45, 2.75) is 26.3 Å². The van der Waals surface area contributed by atoms with Crippen LogP contribution in [0.2, 0.25) is 0 Å². The zero-order valence-corrected chi connectivity index (χ0v) is 9.25. The minimum absolute atomic E-state index is 0.00503. The maximum atomic E-state index is 11.3. The third-order valence-electron chi connectivity index (χ3n) is 1.76. The molecule has 4 heteroatoms. The summed E-state index contributed by atoms with van der Waals surface area (Å²) in [7, 11) is 0. The standard InChI is InChI=1S/C9H13BrN2O/c1-8-6-9(13)12(11-7-8)5-3-2-4-10/h6-7H,2-5H2,1H3. The quantitative estimate of drug-likeness (QED) is 0.598. The largest absolute Gasteiger partial charge is 0.268 e. The van der Waals surface area contributed by atoms with Crippen molar-refractivity contribution in [2.24, 2.45) is 0 Å². The van der Waals surface area contributed by atoms with Crippen LogP contribution < -0.4 is 5.56 Å². The van der Waals surface area contributed by atoms with E-state index >= 15 is 0 Å². The molecule has 72 valence electrons. The molecule has 0 unspecified atom stereocenters. The smallest absolute Gasteiger partial charge is 0.266 e. The Kier molecular flexibility index (Phi) is 4.15. The first-order chi connectivity index (χ1) is 6.24. The Balaban J connectivity index is 2.62. The fourth-order valence-electron chi connectivity index (χ4n) is 1.05. The van der Waals surface area contributed by atoms with Gasteiger partial charge in [-0.2, -0.15) is 5.10 Å². The average Bonchev–Trinajstić information content (AvgIpc) is 2.09. The van der Waals surface area contributed by atoms with Crippen molar-refractivity contribution in [1.29, 1.82) is 0 Å². The maximum Gasteiger partial charge on any atom is 0.266 e. The zero-order valence-electron chi connectivity index (χ0n) is 7.66. The Morgan fingerprint density at radius 2 is 2.31 bits per heavy atom. The topological polar surface area (TPSA) is 34.9 Å². The van der Waals surface area contributed by atoms with E-state index in [1.165, 1.54) is 4.68 Å². The number of hydrogen-bond acceptors (Lipinski definition) is 2. The van der Waals surface area contributed by atoms with Crippen LogP contribution in [-0.2, 0) is 6.54 Å². The third kappa shape index (κ3) is 3.30. The van der Waals surface area contributed by atoms with E-state index < -0.39 is 0 Å². The SMILES string of the molecule is Cc1cnn(CCCCBr)c(=O)c1. The molecule has 0 aliphatic carbocycles. The van der Waals surface area contributed by atoms with Crippen molar-refractivity contribution in [3.8, 4) is 0 Å². The second-order valence-electron chi connectivity index (χ2n) is 2.99. The van der Waals surface area contributed by atoms with Gasteiger partial charge in [-0.05, 0) is 25.3 Å². The van der Waals surface area contributed by atoms with E-state index in [4.69, 9.17) is 0 Å². The molecule has 3 nitrogen and oxygen atoms in total. The molecule has 0 aliphatic rings. The first-order valence-corrected chi connectivity index (χ1v) is 5.46. The minimum Gasteiger partial charge on any atom is -0.268 e. The van der Waals surface area contributed by atoms with Crippen LogP contribution >= 0.6 is 15.9 Å². The second kappa shape index (κ2) is 5.17. The fourth-order valence-corrected chi connectivity index (χ4v) is 1.44. The lowest BCUT2D eigenvalue weighted by molar-refractivity contribution is 0.543. The lowest BCUT2D eigenvalue weighted by atomic mass is 10.3. The molecule has 0 N–H and O–H groups in total. The van der Waals surface area contributed by atoms with Gasteiger partial charge in [0.1, 0.15) is 0 Å². The molecule has 13 heavy (non-hydrogen) atoms. The molecule has 1 aromatic heterocycles. The van der Waals surface area contributed by atoms with Crippen LogP contribution in [0.1, 0.15) is 18.4 Å². The summed E-state index contributed by atoms with van der Waals surface area (Å²) in [6.07, 6.45) is 3.78. The summed E-state index contributed by atoms with van der Waals surface area (Å²) >= 11 is 3.35. The molecule has 0 aliphatic heterocycles. The summed E-state index contributed by atoms with van der Waals surface area (Å²) in [5, 5.41) is 5.02. The molecule has 0 saturated carbocycles. The molecule has 1 rings (SSSR count). The molecule has 0 radical (unpaired) electrons. The Morgan fingerprint density at radius 3 is 2.92 bits per heavy atom. The van der Waals surface area contributed by atoms with E-state index in [-0.39, 0.29) is 5.56 Å². The highest BCUT2D eigenvalue weighted by molar-refractivity contribution is 9.09. The van der Waals surface area contributed by atoms with Crippen LogP contribution in [0.15, 0.2) is 17.1 Å². The van der Waals surface area contributed by atoms with Crippen molar-refractivity contribution in [3.63, 3.8) is 0 Å². The lowest BCUT2D eigenvalue weighted by Crippen LogP contribution is -2.22. The number of aryl methyl sites for hydroxylation is 2. The summed E-state index contributed by atoms with van der Waals surface area (Å²) < 4.78 is 1.51. The van der Waals surface area contributed by atoms with Gasteiger partial charge in [-0.25, -0.2) is 4.68 Å². The average molecular weight is 245 g/mol. The van der Waals surface area contributed by atoms with Gasteiger partial charge in [-0.15, -0.1) is 0 Å². The first-order valence-electron chi connectivity index (χ1n) is 4.34. The highest BCUT2D eigenvalue weighted by Crippen LogP contribution is 1.95. The molecule has 0 amide bonds. The van der Waals surface area contributed by atoms with E-state index in [1.54, 1.807) is 12.3 Å². The van der Waals surface area contributed by atoms with Crippen LogP contribution in [0.25, 0.3) is 0 Å². The van der Waals surface area contributed by atoms with Crippen LogP contribution in [0.5, 0.6) is 0 Å². The number of aromatic nitrogens is 2. The summed E-state index contributed by atoms with van der Waals surface area (Å²) in [4.78, 5) is 11.3. The molecule has 0 spiro atoms. The van der Waals surface area contributed by atoms with Crippen molar-refractivity contribution >= 4 is 15.9 Å². The summed E-state index contributed by atoms with van der Waals surface area (Å²) in [6.45, 7) is 2.59. The van der Waals surface area contributed by atoms with Crippen LogP contribution in [0, 0.1) is 6.92 Å². The molecular weight excluding hydrogens is 232 g/mol. The fraction of sp³-hybridized carbons (Fsp3) is 0.556. The Hall–Kier alpha value is -0.640. The highest BCUT2D eigenvalue weighted by Gasteiger charge is 1.96. The number of hydrogen-bond donors (Lipinski definition) is 0.